The number of fused-ring (bicyclic) bond motifs is 1. The molecule has 0 radical (unpaired) electrons. The normalized spacial score (nSPS) is 17.0. The Labute approximate surface area is 205 Å². The maximum Gasteiger partial charge on any atom is 0.235 e. The first-order chi connectivity index (χ1) is 16.2. The predicted octanol–water partition coefficient (Wildman–Crippen LogP) is 7.43. The van der Waals surface area contributed by atoms with Gasteiger partial charge in [-0.05, 0) is 90.8 Å². The number of nitrogens with one attached hydrogen (secondary N) is 1. The van der Waals surface area contributed by atoms with Crippen LogP contribution < -0.4 is 14.8 Å². The lowest BCUT2D eigenvalue weighted by Gasteiger charge is -2.34. The van der Waals surface area contributed by atoms with Crippen molar-refractivity contribution in [3.8, 4) is 11.5 Å². The molecule has 4 rings (SSSR count). The van der Waals surface area contributed by atoms with Gasteiger partial charge in [0.25, 0.3) is 0 Å². The Morgan fingerprint density at radius 2 is 1.74 bits per heavy atom. The molecule has 34 heavy (non-hydrogen) atoms. The molecule has 2 aromatic carbocycles. The van der Waals surface area contributed by atoms with E-state index in [0.717, 1.165) is 47.9 Å². The first-order valence-electron chi connectivity index (χ1n) is 13.0. The van der Waals surface area contributed by atoms with E-state index in [0.29, 0.717) is 5.92 Å². The van der Waals surface area contributed by atoms with Crippen LogP contribution in [0.3, 0.4) is 0 Å². The van der Waals surface area contributed by atoms with E-state index in [1.165, 1.54) is 30.4 Å². The van der Waals surface area contributed by atoms with Crippen molar-refractivity contribution >= 4 is 11.6 Å². The summed E-state index contributed by atoms with van der Waals surface area (Å²) in [6, 6.07) is 12.3. The standard InChI is InChI=1S/C30H41NO3/c1-7-21(8-2)15-24(29(4,5)6)16-22-17-25(11-9-20(22)3)31-28(32)30(13-14-30)23-10-12-26-27(18-23)34-19-33-26/h9-12,17-18,21,24H,7-8,13-16,19H2,1-6H3,(H,31,32). The highest BCUT2D eigenvalue weighted by Crippen LogP contribution is 2.51. The van der Waals surface area contributed by atoms with Gasteiger partial charge in [-0.25, -0.2) is 0 Å². The zero-order valence-corrected chi connectivity index (χ0v) is 21.8. The highest BCUT2D eigenvalue weighted by Gasteiger charge is 2.51. The molecule has 1 saturated carbocycles. The summed E-state index contributed by atoms with van der Waals surface area (Å²) in [7, 11) is 0. The summed E-state index contributed by atoms with van der Waals surface area (Å²) in [5.74, 6) is 2.93. The third-order valence-corrected chi connectivity index (χ3v) is 8.18. The number of carbonyl (C=O) groups is 1. The zero-order chi connectivity index (χ0) is 24.5. The summed E-state index contributed by atoms with van der Waals surface area (Å²) >= 11 is 0. The second-order valence-corrected chi connectivity index (χ2v) is 11.4. The quantitative estimate of drug-likeness (QED) is 0.421. The van der Waals surface area contributed by atoms with Gasteiger partial charge in [0.05, 0.1) is 5.41 Å². The van der Waals surface area contributed by atoms with Crippen molar-refractivity contribution in [2.45, 2.75) is 85.5 Å². The fraction of sp³-hybridized carbons (Fsp3) is 0.567. The molecule has 0 aromatic heterocycles. The van der Waals surface area contributed by atoms with Gasteiger partial charge in [0, 0.05) is 5.69 Å². The molecule has 184 valence electrons. The summed E-state index contributed by atoms with van der Waals surface area (Å²) in [6.45, 7) is 14.1. The van der Waals surface area contributed by atoms with Gasteiger partial charge in [-0.1, -0.05) is 59.6 Å². The van der Waals surface area contributed by atoms with Crippen LogP contribution in [0.5, 0.6) is 11.5 Å². The number of aryl methyl sites for hydroxylation is 1. The minimum atomic E-state index is -0.463. The first kappa shape index (κ1) is 24.6. The Bertz CT molecular complexity index is 1030. The average Bonchev–Trinajstić information content (AvgIpc) is 3.48. The van der Waals surface area contributed by atoms with Gasteiger partial charge >= 0.3 is 0 Å². The molecule has 4 heteroatoms. The number of rotatable bonds is 9. The lowest BCUT2D eigenvalue weighted by Crippen LogP contribution is -2.28. The van der Waals surface area contributed by atoms with Crippen molar-refractivity contribution in [3.05, 3.63) is 53.1 Å². The summed E-state index contributed by atoms with van der Waals surface area (Å²) < 4.78 is 11.0. The maximum atomic E-state index is 13.4. The van der Waals surface area contributed by atoms with E-state index in [-0.39, 0.29) is 18.1 Å². The Balaban J connectivity index is 1.51. The van der Waals surface area contributed by atoms with E-state index in [9.17, 15) is 4.79 Å². The van der Waals surface area contributed by atoms with Crippen molar-refractivity contribution in [3.63, 3.8) is 0 Å². The number of ether oxygens (including phenoxy) is 2. The summed E-state index contributed by atoms with van der Waals surface area (Å²) in [6.07, 6.45) is 6.49. The van der Waals surface area contributed by atoms with Crippen LogP contribution in [-0.4, -0.2) is 12.7 Å². The fourth-order valence-electron chi connectivity index (χ4n) is 5.22. The molecule has 1 unspecified atom stereocenters. The van der Waals surface area contributed by atoms with Crippen LogP contribution in [0.4, 0.5) is 5.69 Å². The molecule has 1 atom stereocenters. The Morgan fingerprint density at radius 1 is 1.03 bits per heavy atom. The van der Waals surface area contributed by atoms with Crippen LogP contribution in [-0.2, 0) is 16.6 Å². The smallest absolute Gasteiger partial charge is 0.235 e. The Morgan fingerprint density at radius 3 is 2.38 bits per heavy atom. The monoisotopic (exact) mass is 463 g/mol. The third-order valence-electron chi connectivity index (χ3n) is 8.18. The molecule has 1 fully saturated rings. The predicted molar refractivity (Wildman–Crippen MR) is 139 cm³/mol. The van der Waals surface area contributed by atoms with E-state index in [1.54, 1.807) is 0 Å². The maximum absolute atomic E-state index is 13.4. The number of amides is 1. The van der Waals surface area contributed by atoms with Gasteiger partial charge in [-0.15, -0.1) is 0 Å². The van der Waals surface area contributed by atoms with Crippen LogP contribution in [0.25, 0.3) is 0 Å². The van der Waals surface area contributed by atoms with Crippen molar-refractivity contribution in [2.24, 2.45) is 17.3 Å². The minimum Gasteiger partial charge on any atom is -0.454 e. The number of benzene rings is 2. The van der Waals surface area contributed by atoms with E-state index in [1.807, 2.05) is 24.3 Å². The van der Waals surface area contributed by atoms with Gasteiger partial charge < -0.3 is 14.8 Å². The van der Waals surface area contributed by atoms with Crippen LogP contribution in [0.1, 0.15) is 83.4 Å². The molecular formula is C30H41NO3. The average molecular weight is 464 g/mol. The molecule has 1 aliphatic heterocycles. The van der Waals surface area contributed by atoms with Gasteiger partial charge in [-0.3, -0.25) is 4.79 Å². The minimum absolute atomic E-state index is 0.0746. The Kier molecular flexibility index (Phi) is 6.98. The fourth-order valence-corrected chi connectivity index (χ4v) is 5.22. The van der Waals surface area contributed by atoms with Crippen LogP contribution in [0, 0.1) is 24.2 Å². The van der Waals surface area contributed by atoms with E-state index in [2.05, 4.69) is 59.0 Å². The van der Waals surface area contributed by atoms with Gasteiger partial charge in [0.1, 0.15) is 0 Å². The lowest BCUT2D eigenvalue weighted by molar-refractivity contribution is -0.118. The third kappa shape index (κ3) is 5.11. The number of hydrogen-bond acceptors (Lipinski definition) is 3. The van der Waals surface area contributed by atoms with Crippen molar-refractivity contribution in [1.82, 2.24) is 0 Å². The van der Waals surface area contributed by atoms with E-state index < -0.39 is 5.41 Å². The lowest BCUT2D eigenvalue weighted by atomic mass is 9.71. The molecule has 0 spiro atoms. The van der Waals surface area contributed by atoms with Gasteiger partial charge in [-0.2, -0.15) is 0 Å². The van der Waals surface area contributed by atoms with E-state index >= 15 is 0 Å². The molecule has 4 nitrogen and oxygen atoms in total. The SMILES string of the molecule is CCC(CC)CC(Cc1cc(NC(=O)C2(c3ccc4c(c3)OCO4)CC2)ccc1C)C(C)(C)C. The van der Waals surface area contributed by atoms with Crippen molar-refractivity contribution in [1.29, 1.82) is 0 Å². The topological polar surface area (TPSA) is 47.6 Å². The second kappa shape index (κ2) is 9.64. The number of hydrogen-bond donors (Lipinski definition) is 1. The summed E-state index contributed by atoms with van der Waals surface area (Å²) in [4.78, 5) is 13.4. The molecule has 1 heterocycles. The van der Waals surface area contributed by atoms with Crippen LogP contribution in [0.2, 0.25) is 0 Å². The molecule has 2 aliphatic rings. The van der Waals surface area contributed by atoms with Crippen molar-refractivity contribution in [2.75, 3.05) is 12.1 Å². The number of anilines is 1. The summed E-state index contributed by atoms with van der Waals surface area (Å²) in [5.41, 5.74) is 4.33. The molecule has 0 saturated heterocycles. The van der Waals surface area contributed by atoms with E-state index in [4.69, 9.17) is 9.47 Å². The van der Waals surface area contributed by atoms with Crippen LogP contribution in [0.15, 0.2) is 36.4 Å². The highest BCUT2D eigenvalue weighted by atomic mass is 16.7. The molecule has 1 N–H and O–H groups in total. The largest absolute Gasteiger partial charge is 0.454 e. The zero-order valence-electron chi connectivity index (χ0n) is 21.8. The summed E-state index contributed by atoms with van der Waals surface area (Å²) in [5, 5.41) is 3.24. The van der Waals surface area contributed by atoms with Gasteiger partial charge in [0.2, 0.25) is 12.7 Å². The molecular weight excluding hydrogens is 422 g/mol. The highest BCUT2D eigenvalue weighted by molar-refractivity contribution is 6.01. The molecule has 0 bridgehead atoms. The van der Waals surface area contributed by atoms with Crippen LogP contribution >= 0.6 is 0 Å². The second-order valence-electron chi connectivity index (χ2n) is 11.4. The van der Waals surface area contributed by atoms with Crippen molar-refractivity contribution < 1.29 is 14.3 Å². The Hall–Kier alpha value is -2.49. The molecule has 1 aliphatic carbocycles. The molecule has 1 amide bonds. The number of carbonyl (C=O) groups excluding carboxylic acids is 1. The first-order valence-corrected chi connectivity index (χ1v) is 13.0. The molecule has 2 aromatic rings. The van der Waals surface area contributed by atoms with Gasteiger partial charge in [0.15, 0.2) is 11.5 Å².